The predicted octanol–water partition coefficient (Wildman–Crippen LogP) is 2.30. The van der Waals surface area contributed by atoms with Gasteiger partial charge in [-0.1, -0.05) is 6.07 Å². The number of likely N-dealkylation sites (tertiary alicyclic amines) is 1. The molecule has 0 aliphatic carbocycles. The summed E-state index contributed by atoms with van der Waals surface area (Å²) in [5.74, 6) is -1.36. The minimum Gasteiger partial charge on any atom is -0.478 e. The number of nitrogens with zero attached hydrogens (tertiary/aromatic N) is 2. The van der Waals surface area contributed by atoms with Gasteiger partial charge in [0, 0.05) is 13.6 Å². The maximum atomic E-state index is 13.7. The standard InChI is InChI=1S/C15H21FN2O2/c1-17-8-6-11(7-9-17)10-18(2)13-5-3-4-12(16)14(13)15(19)20/h3-5,11H,6-10H2,1-2H3,(H,19,20). The van der Waals surface area contributed by atoms with Gasteiger partial charge in [0.15, 0.2) is 0 Å². The van der Waals surface area contributed by atoms with Crippen molar-refractivity contribution >= 4 is 11.7 Å². The third-order valence-electron chi connectivity index (χ3n) is 3.99. The number of hydrogen-bond acceptors (Lipinski definition) is 3. The van der Waals surface area contributed by atoms with Gasteiger partial charge in [-0.05, 0) is 51.0 Å². The zero-order valence-electron chi connectivity index (χ0n) is 12.0. The first-order valence-electron chi connectivity index (χ1n) is 6.90. The van der Waals surface area contributed by atoms with Crippen LogP contribution >= 0.6 is 0 Å². The summed E-state index contributed by atoms with van der Waals surface area (Å²) in [6.07, 6.45) is 2.19. The largest absolute Gasteiger partial charge is 0.478 e. The molecule has 1 aromatic rings. The molecular formula is C15H21FN2O2. The van der Waals surface area contributed by atoms with Crippen molar-refractivity contribution < 1.29 is 14.3 Å². The first kappa shape index (κ1) is 14.8. The minimum atomic E-state index is -1.21. The quantitative estimate of drug-likeness (QED) is 0.919. The van der Waals surface area contributed by atoms with Crippen molar-refractivity contribution in [3.63, 3.8) is 0 Å². The molecule has 4 nitrogen and oxygen atoms in total. The van der Waals surface area contributed by atoms with Crippen LogP contribution in [0.4, 0.5) is 10.1 Å². The van der Waals surface area contributed by atoms with Crippen molar-refractivity contribution in [1.82, 2.24) is 4.90 Å². The Hall–Kier alpha value is -1.62. The van der Waals surface area contributed by atoms with E-state index in [1.807, 2.05) is 11.9 Å². The highest BCUT2D eigenvalue weighted by molar-refractivity contribution is 5.94. The van der Waals surface area contributed by atoms with Crippen LogP contribution in [0.25, 0.3) is 0 Å². The second-order valence-corrected chi connectivity index (χ2v) is 5.57. The Kier molecular flexibility index (Phi) is 4.60. The Morgan fingerprint density at radius 1 is 1.45 bits per heavy atom. The van der Waals surface area contributed by atoms with Crippen LogP contribution in [0.3, 0.4) is 0 Å². The molecule has 1 N–H and O–H groups in total. The van der Waals surface area contributed by atoms with E-state index in [1.165, 1.54) is 6.07 Å². The number of aromatic carboxylic acids is 1. The van der Waals surface area contributed by atoms with Crippen LogP contribution in [0.15, 0.2) is 18.2 Å². The zero-order valence-corrected chi connectivity index (χ0v) is 12.0. The normalized spacial score (nSPS) is 17.1. The predicted molar refractivity (Wildman–Crippen MR) is 76.9 cm³/mol. The Morgan fingerprint density at radius 3 is 2.70 bits per heavy atom. The molecule has 0 bridgehead atoms. The number of carboxylic acid groups (broad SMARTS) is 1. The molecular weight excluding hydrogens is 259 g/mol. The molecule has 0 spiro atoms. The van der Waals surface area contributed by atoms with Gasteiger partial charge >= 0.3 is 5.97 Å². The fraction of sp³-hybridized carbons (Fsp3) is 0.533. The molecule has 1 aliphatic rings. The van der Waals surface area contributed by atoms with Crippen molar-refractivity contribution in [1.29, 1.82) is 0 Å². The van der Waals surface area contributed by atoms with Crippen molar-refractivity contribution in [2.45, 2.75) is 12.8 Å². The lowest BCUT2D eigenvalue weighted by Gasteiger charge is -2.32. The van der Waals surface area contributed by atoms with Gasteiger partial charge in [-0.2, -0.15) is 0 Å². The summed E-state index contributed by atoms with van der Waals surface area (Å²) in [6, 6.07) is 4.42. The minimum absolute atomic E-state index is 0.233. The van der Waals surface area contributed by atoms with Gasteiger partial charge < -0.3 is 14.9 Å². The fourth-order valence-electron chi connectivity index (χ4n) is 2.77. The van der Waals surface area contributed by atoms with Crippen LogP contribution in [-0.2, 0) is 0 Å². The van der Waals surface area contributed by atoms with E-state index in [0.29, 0.717) is 11.6 Å². The second-order valence-electron chi connectivity index (χ2n) is 5.57. The lowest BCUT2D eigenvalue weighted by atomic mass is 9.96. The van der Waals surface area contributed by atoms with Crippen molar-refractivity contribution in [2.75, 3.05) is 38.6 Å². The molecule has 2 rings (SSSR count). The molecule has 110 valence electrons. The van der Waals surface area contributed by atoms with Gasteiger partial charge in [-0.3, -0.25) is 0 Å². The van der Waals surface area contributed by atoms with Crippen LogP contribution in [0, 0.1) is 11.7 Å². The topological polar surface area (TPSA) is 43.8 Å². The summed E-state index contributed by atoms with van der Waals surface area (Å²) in [5, 5.41) is 9.16. The van der Waals surface area contributed by atoms with E-state index in [0.717, 1.165) is 32.5 Å². The number of benzene rings is 1. The van der Waals surface area contributed by atoms with Crippen LogP contribution in [0.1, 0.15) is 23.2 Å². The third-order valence-corrected chi connectivity index (χ3v) is 3.99. The SMILES string of the molecule is CN1CCC(CN(C)c2cccc(F)c2C(=O)O)CC1. The molecule has 0 unspecified atom stereocenters. The monoisotopic (exact) mass is 280 g/mol. The summed E-state index contributed by atoms with van der Waals surface area (Å²) in [7, 11) is 3.94. The highest BCUT2D eigenvalue weighted by Crippen LogP contribution is 2.25. The molecule has 1 fully saturated rings. The molecule has 0 amide bonds. The maximum absolute atomic E-state index is 13.7. The summed E-state index contributed by atoms with van der Waals surface area (Å²) in [5.41, 5.74) is 0.222. The van der Waals surface area contributed by atoms with Crippen LogP contribution in [-0.4, -0.2) is 49.7 Å². The lowest BCUT2D eigenvalue weighted by molar-refractivity contribution is 0.0692. The van der Waals surface area contributed by atoms with Gasteiger partial charge in [0.2, 0.25) is 0 Å². The Morgan fingerprint density at radius 2 is 2.10 bits per heavy atom. The van der Waals surface area contributed by atoms with Crippen molar-refractivity contribution in [2.24, 2.45) is 5.92 Å². The Bertz CT molecular complexity index is 485. The zero-order chi connectivity index (χ0) is 14.7. The average Bonchev–Trinajstić information content (AvgIpc) is 2.40. The second kappa shape index (κ2) is 6.22. The fourth-order valence-corrected chi connectivity index (χ4v) is 2.77. The number of carboxylic acids is 1. The molecule has 5 heteroatoms. The summed E-state index contributed by atoms with van der Waals surface area (Å²) in [6.45, 7) is 2.89. The van der Waals surface area contributed by atoms with Crippen molar-refractivity contribution in [3.05, 3.63) is 29.6 Å². The molecule has 0 aromatic heterocycles. The van der Waals surface area contributed by atoms with Crippen LogP contribution < -0.4 is 4.90 Å². The van der Waals surface area contributed by atoms with E-state index in [4.69, 9.17) is 5.11 Å². The summed E-state index contributed by atoms with van der Waals surface area (Å²) in [4.78, 5) is 15.4. The Labute approximate surface area is 118 Å². The van der Waals surface area contributed by atoms with E-state index in [1.54, 1.807) is 12.1 Å². The van der Waals surface area contributed by atoms with Crippen molar-refractivity contribution in [3.8, 4) is 0 Å². The molecule has 1 saturated heterocycles. The van der Waals surface area contributed by atoms with Crippen LogP contribution in [0.2, 0.25) is 0 Å². The molecule has 1 aromatic carbocycles. The molecule has 20 heavy (non-hydrogen) atoms. The lowest BCUT2D eigenvalue weighted by Crippen LogP contribution is -2.36. The summed E-state index contributed by atoms with van der Waals surface area (Å²) < 4.78 is 13.7. The number of rotatable bonds is 4. The number of halogens is 1. The van der Waals surface area contributed by atoms with E-state index in [-0.39, 0.29) is 5.56 Å². The van der Waals surface area contributed by atoms with E-state index >= 15 is 0 Å². The van der Waals surface area contributed by atoms with E-state index in [9.17, 15) is 9.18 Å². The molecule has 1 heterocycles. The van der Waals surface area contributed by atoms with Gasteiger partial charge in [0.05, 0.1) is 5.69 Å². The number of piperidine rings is 1. The summed E-state index contributed by atoms with van der Waals surface area (Å²) >= 11 is 0. The van der Waals surface area contributed by atoms with E-state index < -0.39 is 11.8 Å². The number of carbonyl (C=O) groups is 1. The first-order chi connectivity index (χ1) is 9.49. The maximum Gasteiger partial charge on any atom is 0.340 e. The van der Waals surface area contributed by atoms with Gasteiger partial charge in [-0.15, -0.1) is 0 Å². The number of hydrogen-bond donors (Lipinski definition) is 1. The highest BCUT2D eigenvalue weighted by atomic mass is 19.1. The molecule has 0 saturated carbocycles. The van der Waals surface area contributed by atoms with Gasteiger partial charge in [-0.25, -0.2) is 9.18 Å². The number of anilines is 1. The first-order valence-corrected chi connectivity index (χ1v) is 6.90. The molecule has 0 atom stereocenters. The van der Waals surface area contributed by atoms with E-state index in [2.05, 4.69) is 11.9 Å². The van der Waals surface area contributed by atoms with Gasteiger partial charge in [0.25, 0.3) is 0 Å². The smallest absolute Gasteiger partial charge is 0.340 e. The molecule has 1 aliphatic heterocycles. The Balaban J connectivity index is 2.11. The third kappa shape index (κ3) is 3.28. The van der Waals surface area contributed by atoms with Crippen LogP contribution in [0.5, 0.6) is 0 Å². The van der Waals surface area contributed by atoms with Gasteiger partial charge in [0.1, 0.15) is 11.4 Å². The highest BCUT2D eigenvalue weighted by Gasteiger charge is 2.22. The molecule has 0 radical (unpaired) electrons. The average molecular weight is 280 g/mol.